The predicted octanol–water partition coefficient (Wildman–Crippen LogP) is 4.90. The lowest BCUT2D eigenvalue weighted by Crippen LogP contribution is -2.49. The third-order valence-corrected chi connectivity index (χ3v) is 7.49. The first-order chi connectivity index (χ1) is 13.9. The Bertz CT molecular complexity index is 884. The van der Waals surface area contributed by atoms with E-state index in [2.05, 4.69) is 15.6 Å². The van der Waals surface area contributed by atoms with Crippen LogP contribution in [0.5, 0.6) is 0 Å². The number of rotatable bonds is 2. The number of likely N-dealkylation sites (tertiary alicyclic amines) is 1. The van der Waals surface area contributed by atoms with E-state index in [1.165, 1.54) is 0 Å². The van der Waals surface area contributed by atoms with Crippen LogP contribution in [-0.2, 0) is 22.1 Å². The van der Waals surface area contributed by atoms with Crippen molar-refractivity contribution in [3.63, 3.8) is 0 Å². The van der Waals surface area contributed by atoms with E-state index in [0.29, 0.717) is 18.8 Å². The van der Waals surface area contributed by atoms with Gasteiger partial charge < -0.3 is 9.64 Å². The van der Waals surface area contributed by atoms with Crippen LogP contribution in [0.1, 0.15) is 71.6 Å². The van der Waals surface area contributed by atoms with Crippen LogP contribution in [0.2, 0.25) is 0 Å². The van der Waals surface area contributed by atoms with Crippen LogP contribution >= 0.6 is 0 Å². The molecule has 2 atom stereocenters. The van der Waals surface area contributed by atoms with Gasteiger partial charge in [0, 0.05) is 19.1 Å². The maximum Gasteiger partial charge on any atom is 0.410 e. The molecule has 1 aromatic carbocycles. The topological polar surface area (TPSA) is 63.0 Å². The molecule has 30 heavy (non-hydrogen) atoms. The Morgan fingerprint density at radius 3 is 2.40 bits per heavy atom. The molecule has 1 spiro atoms. The summed E-state index contributed by atoms with van der Waals surface area (Å²) in [5.41, 5.74) is 2.08. The summed E-state index contributed by atoms with van der Waals surface area (Å²) in [6.07, 6.45) is 2.10. The Balaban J connectivity index is 1.88. The van der Waals surface area contributed by atoms with Crippen molar-refractivity contribution in [3.8, 4) is 0 Å². The van der Waals surface area contributed by atoms with Gasteiger partial charge in [-0.05, 0) is 71.8 Å². The van der Waals surface area contributed by atoms with Crippen molar-refractivity contribution in [1.29, 1.82) is 0 Å². The molecule has 1 aromatic rings. The van der Waals surface area contributed by atoms with Gasteiger partial charge in [0.2, 0.25) is 0 Å². The van der Waals surface area contributed by atoms with Gasteiger partial charge in [0.25, 0.3) is 0 Å². The highest BCUT2D eigenvalue weighted by atomic mass is 32.2. The number of carbonyl (C=O) groups is 1. The molecule has 1 fully saturated rings. The number of nitrogens with zero attached hydrogens (tertiary/aromatic N) is 2. The molecule has 0 saturated carbocycles. The van der Waals surface area contributed by atoms with Crippen molar-refractivity contribution in [2.45, 2.75) is 77.2 Å². The molecule has 3 rings (SSSR count). The van der Waals surface area contributed by atoms with E-state index in [9.17, 15) is 9.00 Å². The fraction of sp³-hybridized carbons (Fsp3) is 0.652. The van der Waals surface area contributed by atoms with E-state index in [1.807, 2.05) is 53.7 Å². The maximum atomic E-state index is 13.0. The summed E-state index contributed by atoms with van der Waals surface area (Å²) in [6.45, 7) is 20.3. The molecule has 1 heterocycles. The molecule has 1 N–H and O–H groups in total. The number of hydrogen-bond acceptors (Lipinski definition) is 3. The number of benzene rings is 1. The van der Waals surface area contributed by atoms with E-state index in [-0.39, 0.29) is 17.6 Å². The molecular weight excluding hydrogens is 398 g/mol. The number of amides is 1. The van der Waals surface area contributed by atoms with Crippen LogP contribution in [0.3, 0.4) is 0 Å². The highest BCUT2D eigenvalue weighted by molar-refractivity contribution is 7.84. The second kappa shape index (κ2) is 7.97. The minimum absolute atomic E-state index is 0.164. The van der Waals surface area contributed by atoms with Crippen molar-refractivity contribution < 1.29 is 13.7 Å². The Morgan fingerprint density at radius 2 is 1.87 bits per heavy atom. The number of carbonyl (C=O) groups excluding carboxylic acids is 1. The van der Waals surface area contributed by atoms with E-state index in [1.54, 1.807) is 4.90 Å². The van der Waals surface area contributed by atoms with Crippen molar-refractivity contribution in [1.82, 2.24) is 9.62 Å². The molecule has 2 aliphatic rings. The summed E-state index contributed by atoms with van der Waals surface area (Å²) < 4.78 is 21.5. The van der Waals surface area contributed by atoms with Gasteiger partial charge in [-0.15, -0.1) is 0 Å². The third-order valence-electron chi connectivity index (χ3n) is 5.93. The van der Waals surface area contributed by atoms with Crippen molar-refractivity contribution in [2.75, 3.05) is 13.1 Å². The average molecular weight is 432 g/mol. The molecule has 164 valence electrons. The molecule has 1 aliphatic heterocycles. The largest absolute Gasteiger partial charge is 0.444 e. The normalized spacial score (nSPS) is 21.8. The zero-order valence-corrected chi connectivity index (χ0v) is 19.7. The Morgan fingerprint density at radius 1 is 1.23 bits per heavy atom. The monoisotopic (exact) mass is 431 g/mol. The van der Waals surface area contributed by atoms with Crippen LogP contribution in [0.4, 0.5) is 10.5 Å². The average Bonchev–Trinajstić information content (AvgIpc) is 2.93. The Hall–Kier alpha value is -1.91. The fourth-order valence-corrected chi connectivity index (χ4v) is 5.30. The maximum absolute atomic E-state index is 13.0. The fourth-order valence-electron chi connectivity index (χ4n) is 4.37. The molecule has 0 aromatic heterocycles. The molecule has 6 nitrogen and oxygen atoms in total. The lowest BCUT2D eigenvalue weighted by atomic mass is 9.73. The van der Waals surface area contributed by atoms with Crippen LogP contribution in [0, 0.1) is 12.0 Å². The number of nitrogens with one attached hydrogen (secondary N) is 1. The summed E-state index contributed by atoms with van der Waals surface area (Å²) >= 11 is 0. The second-order valence-electron chi connectivity index (χ2n) is 10.4. The third kappa shape index (κ3) is 4.55. The molecule has 0 bridgehead atoms. The van der Waals surface area contributed by atoms with Crippen molar-refractivity contribution >= 4 is 22.8 Å². The van der Waals surface area contributed by atoms with Gasteiger partial charge in [0.05, 0.1) is 22.3 Å². The highest BCUT2D eigenvalue weighted by Crippen LogP contribution is 2.54. The molecule has 1 saturated heterocycles. The second-order valence-corrected chi connectivity index (χ2v) is 12.4. The Kier molecular flexibility index (Phi) is 6.05. The van der Waals surface area contributed by atoms with Gasteiger partial charge in [-0.2, -0.15) is 0 Å². The van der Waals surface area contributed by atoms with Crippen LogP contribution in [0.25, 0.3) is 4.85 Å². The molecule has 7 heteroatoms. The minimum atomic E-state index is -1.26. The lowest BCUT2D eigenvalue weighted by molar-refractivity contribution is 0.00726. The Labute approximate surface area is 182 Å². The van der Waals surface area contributed by atoms with E-state index < -0.39 is 21.3 Å². The quantitative estimate of drug-likeness (QED) is 0.677. The molecule has 1 aliphatic carbocycles. The highest BCUT2D eigenvalue weighted by Gasteiger charge is 2.50. The minimum Gasteiger partial charge on any atom is -0.444 e. The van der Waals surface area contributed by atoms with Gasteiger partial charge >= 0.3 is 6.09 Å². The number of ether oxygens (including phenoxy) is 1. The van der Waals surface area contributed by atoms with Gasteiger partial charge in [0.1, 0.15) is 5.60 Å². The summed E-state index contributed by atoms with van der Waals surface area (Å²) in [4.78, 5) is 18.0. The van der Waals surface area contributed by atoms with E-state index in [0.717, 1.165) is 30.4 Å². The van der Waals surface area contributed by atoms with Crippen LogP contribution in [-0.4, -0.2) is 38.6 Å². The molecular formula is C23H33N3O3S. The van der Waals surface area contributed by atoms with Gasteiger partial charge in [-0.1, -0.05) is 23.8 Å². The van der Waals surface area contributed by atoms with Gasteiger partial charge in [-0.3, -0.25) is 0 Å². The first-order valence-electron chi connectivity index (χ1n) is 10.5. The zero-order chi connectivity index (χ0) is 22.3. The predicted molar refractivity (Wildman–Crippen MR) is 120 cm³/mol. The number of hydrogen-bond donors (Lipinski definition) is 1. The number of fused-ring (bicyclic) bond motifs is 1. The molecule has 0 radical (unpaired) electrons. The number of piperidine rings is 1. The zero-order valence-electron chi connectivity index (χ0n) is 18.9. The van der Waals surface area contributed by atoms with Crippen LogP contribution in [0.15, 0.2) is 18.2 Å². The van der Waals surface area contributed by atoms with E-state index >= 15 is 0 Å². The molecule has 1 amide bonds. The summed E-state index contributed by atoms with van der Waals surface area (Å²) in [5, 5.41) is 0. The lowest BCUT2D eigenvalue weighted by Gasteiger charge is -2.44. The summed E-state index contributed by atoms with van der Waals surface area (Å²) in [5.74, 6) is 0. The van der Waals surface area contributed by atoms with Crippen molar-refractivity contribution in [3.05, 3.63) is 40.7 Å². The van der Waals surface area contributed by atoms with Gasteiger partial charge in [-0.25, -0.2) is 18.6 Å². The first-order valence-corrected chi connectivity index (χ1v) is 11.7. The van der Waals surface area contributed by atoms with Gasteiger partial charge in [0.15, 0.2) is 5.69 Å². The van der Waals surface area contributed by atoms with Crippen LogP contribution < -0.4 is 4.72 Å². The van der Waals surface area contributed by atoms with E-state index in [4.69, 9.17) is 11.3 Å². The van der Waals surface area contributed by atoms with Crippen molar-refractivity contribution in [2.24, 2.45) is 5.41 Å². The first kappa shape index (κ1) is 22.8. The SMILES string of the molecule is [C-]#[N+]c1cccc2c1[C@@H](N[S@](=O)C(C)(C)C)C1(CCN(C(=O)OC(C)(C)C)CC1)C2. The summed E-state index contributed by atoms with van der Waals surface area (Å²) in [6, 6.07) is 5.68. The molecule has 0 unspecified atom stereocenters. The smallest absolute Gasteiger partial charge is 0.410 e. The standard InChI is InChI=1S/C23H33N3O3S/c1-21(2,3)29-20(27)26-13-11-23(12-14-26)15-16-9-8-10-17(24-7)18(16)19(23)25-30(28)22(4,5)6/h8-10,19,25H,11-15H2,1-6H3/t19-,30-/m1/s1. The summed E-state index contributed by atoms with van der Waals surface area (Å²) in [7, 11) is -1.26.